The third kappa shape index (κ3) is 4.84. The number of hydrogen-bond acceptors (Lipinski definition) is 6. The average molecular weight is 308 g/mol. The van der Waals surface area contributed by atoms with Gasteiger partial charge >= 0.3 is 5.97 Å². The third-order valence-corrected chi connectivity index (χ3v) is 3.69. The molecule has 2 rings (SSSR count). The Labute approximate surface area is 130 Å². The van der Waals surface area contributed by atoms with Crippen molar-refractivity contribution in [2.24, 2.45) is 0 Å². The molecular formula is C15H24N4O3. The second-order valence-electron chi connectivity index (χ2n) is 5.34. The number of hydrogen-bond donors (Lipinski definition) is 1. The van der Waals surface area contributed by atoms with Crippen molar-refractivity contribution in [1.29, 1.82) is 0 Å². The zero-order valence-corrected chi connectivity index (χ0v) is 13.1. The monoisotopic (exact) mass is 308 g/mol. The highest BCUT2D eigenvalue weighted by Gasteiger charge is 2.11. The van der Waals surface area contributed by atoms with Crippen LogP contribution in [0.15, 0.2) is 17.2 Å². The van der Waals surface area contributed by atoms with Crippen molar-refractivity contribution in [3.8, 4) is 0 Å². The molecule has 7 nitrogen and oxygen atoms in total. The van der Waals surface area contributed by atoms with Crippen molar-refractivity contribution in [2.45, 2.75) is 32.7 Å². The van der Waals surface area contributed by atoms with E-state index in [1.165, 1.54) is 36.2 Å². The van der Waals surface area contributed by atoms with E-state index in [1.54, 1.807) is 6.92 Å². The second-order valence-corrected chi connectivity index (χ2v) is 5.34. The number of carbonyl (C=O) groups excluding carboxylic acids is 1. The lowest BCUT2D eigenvalue weighted by atomic mass is 10.1. The lowest BCUT2D eigenvalue weighted by Gasteiger charge is -2.26. The zero-order chi connectivity index (χ0) is 15.8. The molecule has 1 aromatic heterocycles. The van der Waals surface area contributed by atoms with E-state index in [2.05, 4.69) is 15.2 Å². The van der Waals surface area contributed by atoms with Crippen LogP contribution in [0.3, 0.4) is 0 Å². The number of likely N-dealkylation sites (tertiary alicyclic amines) is 1. The lowest BCUT2D eigenvalue weighted by Crippen LogP contribution is -2.35. The Bertz CT molecular complexity index is 538. The van der Waals surface area contributed by atoms with E-state index in [9.17, 15) is 9.59 Å². The fraction of sp³-hybridized carbons (Fsp3) is 0.667. The Balaban J connectivity index is 1.88. The molecule has 0 radical (unpaired) electrons. The maximum atomic E-state index is 12.2. The number of piperidine rings is 1. The average Bonchev–Trinajstić information content (AvgIpc) is 2.52. The molecule has 0 atom stereocenters. The maximum Gasteiger partial charge on any atom is 0.326 e. The Morgan fingerprint density at radius 2 is 2.14 bits per heavy atom. The first-order valence-electron chi connectivity index (χ1n) is 7.88. The molecule has 7 heteroatoms. The SMILES string of the molecule is CCOC(=O)Cn1ccnc(NCCN2CCCCC2)c1=O. The van der Waals surface area contributed by atoms with Crippen LogP contribution in [-0.4, -0.2) is 53.2 Å². The molecule has 0 saturated carbocycles. The summed E-state index contributed by atoms with van der Waals surface area (Å²) >= 11 is 0. The van der Waals surface area contributed by atoms with Gasteiger partial charge in [0.1, 0.15) is 6.54 Å². The molecule has 122 valence electrons. The van der Waals surface area contributed by atoms with Gasteiger partial charge in [-0.1, -0.05) is 6.42 Å². The minimum absolute atomic E-state index is 0.0873. The summed E-state index contributed by atoms with van der Waals surface area (Å²) in [6, 6.07) is 0. The number of aromatic nitrogens is 2. The van der Waals surface area contributed by atoms with E-state index in [0.717, 1.165) is 19.6 Å². The van der Waals surface area contributed by atoms with Gasteiger partial charge in [0.2, 0.25) is 0 Å². The molecular weight excluding hydrogens is 284 g/mol. The highest BCUT2D eigenvalue weighted by atomic mass is 16.5. The molecule has 1 N–H and O–H groups in total. The maximum absolute atomic E-state index is 12.2. The van der Waals surface area contributed by atoms with Crippen LogP contribution in [0, 0.1) is 0 Å². The topological polar surface area (TPSA) is 76.5 Å². The van der Waals surface area contributed by atoms with Gasteiger partial charge in [-0.05, 0) is 32.9 Å². The minimum atomic E-state index is -0.421. The number of carbonyl (C=O) groups is 1. The smallest absolute Gasteiger partial charge is 0.326 e. The molecule has 0 unspecified atom stereocenters. The number of anilines is 1. The first kappa shape index (κ1) is 16.5. The number of esters is 1. The summed E-state index contributed by atoms with van der Waals surface area (Å²) in [7, 11) is 0. The molecule has 1 aliphatic rings. The molecule has 0 bridgehead atoms. The molecule has 0 aliphatic carbocycles. The molecule has 1 aliphatic heterocycles. The fourth-order valence-electron chi connectivity index (χ4n) is 2.55. The summed E-state index contributed by atoms with van der Waals surface area (Å²) in [5, 5.41) is 3.07. The third-order valence-electron chi connectivity index (χ3n) is 3.69. The number of rotatable bonds is 7. The van der Waals surface area contributed by atoms with Gasteiger partial charge in [0, 0.05) is 25.5 Å². The van der Waals surface area contributed by atoms with Crippen molar-refractivity contribution in [2.75, 3.05) is 38.1 Å². The van der Waals surface area contributed by atoms with Gasteiger partial charge in [-0.3, -0.25) is 14.2 Å². The Kier molecular flexibility index (Phi) is 6.39. The van der Waals surface area contributed by atoms with Crippen molar-refractivity contribution < 1.29 is 9.53 Å². The Morgan fingerprint density at radius 1 is 1.36 bits per heavy atom. The molecule has 1 aromatic rings. The van der Waals surface area contributed by atoms with Crippen molar-refractivity contribution in [1.82, 2.24) is 14.5 Å². The molecule has 2 heterocycles. The van der Waals surface area contributed by atoms with Gasteiger partial charge in [-0.15, -0.1) is 0 Å². The van der Waals surface area contributed by atoms with E-state index >= 15 is 0 Å². The predicted octanol–water partition coefficient (Wildman–Crippen LogP) is 0.704. The number of nitrogens with zero attached hydrogens (tertiary/aromatic N) is 3. The molecule has 1 saturated heterocycles. The fourth-order valence-corrected chi connectivity index (χ4v) is 2.55. The Hall–Kier alpha value is -1.89. The molecule has 0 aromatic carbocycles. The van der Waals surface area contributed by atoms with Gasteiger partial charge in [0.15, 0.2) is 5.82 Å². The van der Waals surface area contributed by atoms with Crippen LogP contribution in [0.1, 0.15) is 26.2 Å². The van der Waals surface area contributed by atoms with E-state index in [-0.39, 0.29) is 17.9 Å². The molecule has 0 spiro atoms. The number of ether oxygens (including phenoxy) is 1. The summed E-state index contributed by atoms with van der Waals surface area (Å²) in [6.07, 6.45) is 6.81. The first-order valence-corrected chi connectivity index (χ1v) is 7.88. The van der Waals surface area contributed by atoms with Crippen LogP contribution in [0.2, 0.25) is 0 Å². The predicted molar refractivity (Wildman–Crippen MR) is 83.9 cm³/mol. The standard InChI is InChI=1S/C15H24N4O3/c1-2-22-13(20)12-19-11-7-17-14(15(19)21)16-6-10-18-8-4-3-5-9-18/h7,11H,2-6,8-10,12H2,1H3,(H,16,17). The van der Waals surface area contributed by atoms with Crippen LogP contribution in [0.25, 0.3) is 0 Å². The molecule has 1 fully saturated rings. The summed E-state index contributed by atoms with van der Waals surface area (Å²) in [4.78, 5) is 30.1. The van der Waals surface area contributed by atoms with Gasteiger partial charge in [-0.2, -0.15) is 0 Å². The van der Waals surface area contributed by atoms with E-state index in [4.69, 9.17) is 4.74 Å². The van der Waals surface area contributed by atoms with E-state index in [1.807, 2.05) is 0 Å². The van der Waals surface area contributed by atoms with Crippen molar-refractivity contribution in [3.63, 3.8) is 0 Å². The van der Waals surface area contributed by atoms with E-state index < -0.39 is 5.97 Å². The quantitative estimate of drug-likeness (QED) is 0.747. The largest absolute Gasteiger partial charge is 0.465 e. The van der Waals surface area contributed by atoms with Crippen LogP contribution in [0.4, 0.5) is 5.82 Å². The van der Waals surface area contributed by atoms with Gasteiger partial charge in [0.25, 0.3) is 5.56 Å². The van der Waals surface area contributed by atoms with Gasteiger partial charge in [-0.25, -0.2) is 4.98 Å². The summed E-state index contributed by atoms with van der Waals surface area (Å²) in [5.74, 6) is -0.140. The van der Waals surface area contributed by atoms with Crippen LogP contribution in [-0.2, 0) is 16.1 Å². The van der Waals surface area contributed by atoms with Crippen LogP contribution in [0.5, 0.6) is 0 Å². The van der Waals surface area contributed by atoms with Gasteiger partial charge < -0.3 is 15.0 Å². The summed E-state index contributed by atoms with van der Waals surface area (Å²) < 4.78 is 6.17. The summed E-state index contributed by atoms with van der Waals surface area (Å²) in [5.41, 5.74) is -0.297. The highest BCUT2D eigenvalue weighted by molar-refractivity contribution is 5.69. The van der Waals surface area contributed by atoms with Crippen molar-refractivity contribution in [3.05, 3.63) is 22.7 Å². The number of nitrogens with one attached hydrogen (secondary N) is 1. The van der Waals surface area contributed by atoms with Crippen molar-refractivity contribution >= 4 is 11.8 Å². The lowest BCUT2D eigenvalue weighted by molar-refractivity contribution is -0.143. The Morgan fingerprint density at radius 3 is 2.86 bits per heavy atom. The van der Waals surface area contributed by atoms with Crippen LogP contribution < -0.4 is 10.9 Å². The summed E-state index contributed by atoms with van der Waals surface area (Å²) in [6.45, 7) is 5.77. The van der Waals surface area contributed by atoms with Crippen LogP contribution >= 0.6 is 0 Å². The minimum Gasteiger partial charge on any atom is -0.465 e. The van der Waals surface area contributed by atoms with Gasteiger partial charge in [0.05, 0.1) is 6.61 Å². The second kappa shape index (κ2) is 8.53. The molecule has 0 amide bonds. The molecule has 22 heavy (non-hydrogen) atoms. The highest BCUT2D eigenvalue weighted by Crippen LogP contribution is 2.07. The van der Waals surface area contributed by atoms with E-state index in [0.29, 0.717) is 13.2 Å². The normalized spacial score (nSPS) is 15.5. The zero-order valence-electron chi connectivity index (χ0n) is 13.1. The first-order chi connectivity index (χ1) is 10.7.